The molecule has 1 aromatic carbocycles. The summed E-state index contributed by atoms with van der Waals surface area (Å²) in [4.78, 5) is 4.75. The lowest BCUT2D eigenvalue weighted by molar-refractivity contribution is 0.923. The topological polar surface area (TPSA) is 24.9 Å². The smallest absolute Gasteiger partial charge is 0.0726 e. The molecule has 1 heterocycles. The number of rotatable bonds is 5. The van der Waals surface area contributed by atoms with Crippen LogP contribution in [-0.2, 0) is 12.8 Å². The number of benzene rings is 1. The molecule has 102 valence electrons. The lowest BCUT2D eigenvalue weighted by Crippen LogP contribution is -2.05. The lowest BCUT2D eigenvalue weighted by Gasteiger charge is -2.16. The van der Waals surface area contributed by atoms with Crippen molar-refractivity contribution in [2.45, 2.75) is 47.0 Å². The SMILES string of the molecule is CCCc1ccc2nc(C)c(CC)c(NCC)c2c1. The van der Waals surface area contributed by atoms with Gasteiger partial charge in [-0.05, 0) is 49.9 Å². The molecule has 0 radical (unpaired) electrons. The van der Waals surface area contributed by atoms with Crippen molar-refractivity contribution in [3.05, 3.63) is 35.0 Å². The summed E-state index contributed by atoms with van der Waals surface area (Å²) in [5.74, 6) is 0. The van der Waals surface area contributed by atoms with Gasteiger partial charge in [0.2, 0.25) is 0 Å². The first kappa shape index (κ1) is 13.9. The number of nitrogens with zero attached hydrogens (tertiary/aromatic N) is 1. The Labute approximate surface area is 116 Å². The largest absolute Gasteiger partial charge is 0.384 e. The summed E-state index contributed by atoms with van der Waals surface area (Å²) in [6.45, 7) is 9.63. The Hall–Kier alpha value is -1.57. The first-order chi connectivity index (χ1) is 9.21. The fourth-order valence-electron chi connectivity index (χ4n) is 2.73. The number of aromatic nitrogens is 1. The van der Waals surface area contributed by atoms with E-state index in [0.717, 1.165) is 30.6 Å². The summed E-state index contributed by atoms with van der Waals surface area (Å²) < 4.78 is 0. The summed E-state index contributed by atoms with van der Waals surface area (Å²) in [5, 5.41) is 4.81. The third-order valence-electron chi connectivity index (χ3n) is 3.60. The minimum absolute atomic E-state index is 0.948. The Balaban J connectivity index is 2.68. The van der Waals surface area contributed by atoms with Gasteiger partial charge in [0, 0.05) is 23.3 Å². The van der Waals surface area contributed by atoms with Crippen LogP contribution in [0.2, 0.25) is 0 Å². The van der Waals surface area contributed by atoms with Crippen LogP contribution in [-0.4, -0.2) is 11.5 Å². The van der Waals surface area contributed by atoms with Crippen molar-refractivity contribution in [1.82, 2.24) is 4.98 Å². The van der Waals surface area contributed by atoms with Crippen molar-refractivity contribution >= 4 is 16.6 Å². The summed E-state index contributed by atoms with van der Waals surface area (Å²) in [7, 11) is 0. The van der Waals surface area contributed by atoms with Crippen LogP contribution in [0.1, 0.15) is 44.0 Å². The van der Waals surface area contributed by atoms with Crippen LogP contribution in [0.4, 0.5) is 5.69 Å². The Bertz CT molecular complexity index is 573. The minimum Gasteiger partial charge on any atom is -0.384 e. The normalized spacial score (nSPS) is 10.9. The van der Waals surface area contributed by atoms with Crippen molar-refractivity contribution < 1.29 is 0 Å². The highest BCUT2D eigenvalue weighted by molar-refractivity contribution is 5.94. The van der Waals surface area contributed by atoms with E-state index < -0.39 is 0 Å². The van der Waals surface area contributed by atoms with Crippen LogP contribution < -0.4 is 5.32 Å². The molecule has 0 unspecified atom stereocenters. The van der Waals surface area contributed by atoms with E-state index in [9.17, 15) is 0 Å². The third-order valence-corrected chi connectivity index (χ3v) is 3.60. The highest BCUT2D eigenvalue weighted by Crippen LogP contribution is 2.30. The average molecular weight is 256 g/mol. The van der Waals surface area contributed by atoms with Crippen molar-refractivity contribution in [2.75, 3.05) is 11.9 Å². The van der Waals surface area contributed by atoms with E-state index in [2.05, 4.69) is 51.2 Å². The molecule has 19 heavy (non-hydrogen) atoms. The molecule has 0 amide bonds. The fourth-order valence-corrected chi connectivity index (χ4v) is 2.73. The predicted octanol–water partition coefficient (Wildman–Crippen LogP) is 4.49. The van der Waals surface area contributed by atoms with Crippen LogP contribution in [0.5, 0.6) is 0 Å². The molecular formula is C17H24N2. The summed E-state index contributed by atoms with van der Waals surface area (Å²) in [6, 6.07) is 6.68. The number of hydrogen-bond donors (Lipinski definition) is 1. The molecule has 1 N–H and O–H groups in total. The zero-order valence-corrected chi connectivity index (χ0v) is 12.5. The molecule has 2 nitrogen and oxygen atoms in total. The van der Waals surface area contributed by atoms with Gasteiger partial charge in [0.05, 0.1) is 5.52 Å². The third kappa shape index (κ3) is 2.73. The van der Waals surface area contributed by atoms with E-state index >= 15 is 0 Å². The van der Waals surface area contributed by atoms with Crippen molar-refractivity contribution in [1.29, 1.82) is 0 Å². The van der Waals surface area contributed by atoms with Gasteiger partial charge in [0.1, 0.15) is 0 Å². The number of fused-ring (bicyclic) bond motifs is 1. The Kier molecular flexibility index (Phi) is 4.41. The zero-order chi connectivity index (χ0) is 13.8. The molecule has 0 spiro atoms. The second-order valence-corrected chi connectivity index (χ2v) is 5.04. The number of hydrogen-bond acceptors (Lipinski definition) is 2. The summed E-state index contributed by atoms with van der Waals surface area (Å²) >= 11 is 0. The molecule has 0 aliphatic rings. The van der Waals surface area contributed by atoms with E-state index in [1.54, 1.807) is 0 Å². The van der Waals surface area contributed by atoms with Gasteiger partial charge >= 0.3 is 0 Å². The van der Waals surface area contributed by atoms with Crippen molar-refractivity contribution in [3.8, 4) is 0 Å². The maximum Gasteiger partial charge on any atom is 0.0726 e. The quantitative estimate of drug-likeness (QED) is 0.852. The minimum atomic E-state index is 0.948. The molecule has 0 bridgehead atoms. The average Bonchev–Trinajstić information content (AvgIpc) is 2.40. The van der Waals surface area contributed by atoms with Crippen LogP contribution in [0.25, 0.3) is 10.9 Å². The van der Waals surface area contributed by atoms with Crippen LogP contribution in [0.15, 0.2) is 18.2 Å². The van der Waals surface area contributed by atoms with Gasteiger partial charge in [-0.15, -0.1) is 0 Å². The van der Waals surface area contributed by atoms with Gasteiger partial charge in [0.15, 0.2) is 0 Å². The summed E-state index contributed by atoms with van der Waals surface area (Å²) in [6.07, 6.45) is 3.34. The van der Waals surface area contributed by atoms with Gasteiger partial charge in [-0.3, -0.25) is 4.98 Å². The molecule has 0 saturated heterocycles. The molecular weight excluding hydrogens is 232 g/mol. The maximum absolute atomic E-state index is 4.75. The standard InChI is InChI=1S/C17H24N2/c1-5-8-13-9-10-16-15(11-13)17(18-7-3)14(6-2)12(4)19-16/h9-11H,5-8H2,1-4H3,(H,18,19). The first-order valence-corrected chi connectivity index (χ1v) is 7.37. The van der Waals surface area contributed by atoms with E-state index in [4.69, 9.17) is 4.98 Å². The summed E-state index contributed by atoms with van der Waals surface area (Å²) in [5.41, 5.74) is 6.29. The monoisotopic (exact) mass is 256 g/mol. The lowest BCUT2D eigenvalue weighted by atomic mass is 10.0. The van der Waals surface area contributed by atoms with Gasteiger partial charge in [-0.1, -0.05) is 26.3 Å². The molecule has 0 aliphatic carbocycles. The molecule has 1 aromatic heterocycles. The second kappa shape index (κ2) is 6.05. The molecule has 0 saturated carbocycles. The fraction of sp³-hybridized carbons (Fsp3) is 0.471. The van der Waals surface area contributed by atoms with Gasteiger partial charge in [-0.25, -0.2) is 0 Å². The first-order valence-electron chi connectivity index (χ1n) is 7.37. The number of nitrogens with one attached hydrogen (secondary N) is 1. The highest BCUT2D eigenvalue weighted by atomic mass is 14.9. The molecule has 0 aliphatic heterocycles. The second-order valence-electron chi connectivity index (χ2n) is 5.04. The predicted molar refractivity (Wildman–Crippen MR) is 84.0 cm³/mol. The Morgan fingerprint density at radius 3 is 2.58 bits per heavy atom. The number of anilines is 1. The molecule has 2 rings (SSSR count). The number of aryl methyl sites for hydroxylation is 2. The van der Waals surface area contributed by atoms with Crippen LogP contribution in [0, 0.1) is 6.92 Å². The van der Waals surface area contributed by atoms with E-state index in [-0.39, 0.29) is 0 Å². The Morgan fingerprint density at radius 1 is 1.16 bits per heavy atom. The van der Waals surface area contributed by atoms with Gasteiger partial charge in [0.25, 0.3) is 0 Å². The highest BCUT2D eigenvalue weighted by Gasteiger charge is 2.11. The zero-order valence-electron chi connectivity index (χ0n) is 12.5. The van der Waals surface area contributed by atoms with Crippen LogP contribution in [0.3, 0.4) is 0 Å². The van der Waals surface area contributed by atoms with Crippen LogP contribution >= 0.6 is 0 Å². The molecule has 0 fully saturated rings. The van der Waals surface area contributed by atoms with E-state index in [0.29, 0.717) is 0 Å². The maximum atomic E-state index is 4.75. The molecule has 0 atom stereocenters. The van der Waals surface area contributed by atoms with Crippen molar-refractivity contribution in [2.24, 2.45) is 0 Å². The van der Waals surface area contributed by atoms with E-state index in [1.807, 2.05) is 0 Å². The van der Waals surface area contributed by atoms with E-state index in [1.165, 1.54) is 28.6 Å². The van der Waals surface area contributed by atoms with Gasteiger partial charge in [-0.2, -0.15) is 0 Å². The van der Waals surface area contributed by atoms with Crippen molar-refractivity contribution in [3.63, 3.8) is 0 Å². The van der Waals surface area contributed by atoms with Gasteiger partial charge < -0.3 is 5.32 Å². The molecule has 2 heteroatoms. The number of pyridine rings is 1. The Morgan fingerprint density at radius 2 is 1.95 bits per heavy atom. The molecule has 2 aromatic rings.